The highest BCUT2D eigenvalue weighted by Gasteiger charge is 2.32. The van der Waals surface area contributed by atoms with Gasteiger partial charge in [-0.05, 0) is 18.8 Å². The van der Waals surface area contributed by atoms with Crippen molar-refractivity contribution in [1.82, 2.24) is 10.6 Å². The number of carbonyl (C=O) groups is 4. The summed E-state index contributed by atoms with van der Waals surface area (Å²) in [4.78, 5) is 46.3. The lowest BCUT2D eigenvalue weighted by Gasteiger charge is -2.26. The number of esters is 1. The first-order valence-electron chi connectivity index (χ1n) is 7.56. The van der Waals surface area contributed by atoms with Crippen molar-refractivity contribution >= 4 is 23.8 Å². The molecule has 0 bridgehead atoms. The Morgan fingerprint density at radius 2 is 1.61 bits per heavy atom. The Morgan fingerprint density at radius 3 is 2.00 bits per heavy atom. The van der Waals surface area contributed by atoms with Crippen molar-refractivity contribution in [3.05, 3.63) is 0 Å². The fourth-order valence-electron chi connectivity index (χ4n) is 2.05. The van der Waals surface area contributed by atoms with Gasteiger partial charge in [-0.25, -0.2) is 4.79 Å². The van der Waals surface area contributed by atoms with E-state index in [1.807, 2.05) is 0 Å². The first kappa shape index (κ1) is 20.9. The SMILES string of the molecule is CCOC(=O)C[C@H](C)[C@@H](NC(=O)[C@H](NC(C)=O)C(C)C)C(=O)O. The molecule has 0 rings (SSSR count). The van der Waals surface area contributed by atoms with E-state index < -0.39 is 35.8 Å². The first-order chi connectivity index (χ1) is 10.6. The number of rotatable bonds is 9. The molecule has 0 aliphatic rings. The molecule has 0 aromatic heterocycles. The summed E-state index contributed by atoms with van der Waals surface area (Å²) in [5.74, 6) is -3.62. The molecule has 8 nitrogen and oxygen atoms in total. The lowest BCUT2D eigenvalue weighted by Crippen LogP contribution is -2.55. The van der Waals surface area contributed by atoms with Gasteiger partial charge in [0.1, 0.15) is 12.1 Å². The van der Waals surface area contributed by atoms with E-state index >= 15 is 0 Å². The molecule has 2 amide bonds. The van der Waals surface area contributed by atoms with Crippen molar-refractivity contribution in [2.24, 2.45) is 11.8 Å². The number of aliphatic carboxylic acids is 1. The Kier molecular flexibility index (Phi) is 8.90. The fraction of sp³-hybridized carbons (Fsp3) is 0.733. The number of hydrogen-bond donors (Lipinski definition) is 3. The van der Waals surface area contributed by atoms with Crippen LogP contribution in [-0.2, 0) is 23.9 Å². The van der Waals surface area contributed by atoms with E-state index in [-0.39, 0.29) is 24.9 Å². The molecule has 0 fully saturated rings. The standard InChI is InChI=1S/C15H26N2O6/c1-6-23-11(19)7-9(4)13(15(21)22)17-14(20)12(8(2)3)16-10(5)18/h8-9,12-13H,6-7H2,1-5H3,(H,16,18)(H,17,20)(H,21,22)/t9-,12+,13+/m0/s1. The Bertz CT molecular complexity index is 449. The van der Waals surface area contributed by atoms with Gasteiger partial charge in [0, 0.05) is 6.92 Å². The van der Waals surface area contributed by atoms with Gasteiger partial charge in [0.15, 0.2) is 0 Å². The van der Waals surface area contributed by atoms with E-state index in [1.165, 1.54) is 6.92 Å². The van der Waals surface area contributed by atoms with Crippen molar-refractivity contribution in [1.29, 1.82) is 0 Å². The molecule has 0 saturated carbocycles. The molecule has 0 saturated heterocycles. The van der Waals surface area contributed by atoms with E-state index in [0.717, 1.165) is 0 Å². The van der Waals surface area contributed by atoms with Crippen LogP contribution in [0.25, 0.3) is 0 Å². The number of carboxylic acid groups (broad SMARTS) is 1. The van der Waals surface area contributed by atoms with Crippen molar-refractivity contribution in [3.63, 3.8) is 0 Å². The highest BCUT2D eigenvalue weighted by atomic mass is 16.5. The summed E-state index contributed by atoms with van der Waals surface area (Å²) >= 11 is 0. The Balaban J connectivity index is 4.97. The van der Waals surface area contributed by atoms with Crippen molar-refractivity contribution in [2.45, 2.75) is 53.1 Å². The third-order valence-electron chi connectivity index (χ3n) is 3.23. The normalized spacial score (nSPS) is 14.5. The quantitative estimate of drug-likeness (QED) is 0.523. The molecular formula is C15H26N2O6. The number of hydrogen-bond acceptors (Lipinski definition) is 5. The van der Waals surface area contributed by atoms with Gasteiger partial charge in [0.05, 0.1) is 13.0 Å². The molecule has 0 aromatic rings. The van der Waals surface area contributed by atoms with E-state index in [4.69, 9.17) is 4.74 Å². The summed E-state index contributed by atoms with van der Waals surface area (Å²) in [5, 5.41) is 14.2. The van der Waals surface area contributed by atoms with E-state index in [0.29, 0.717) is 0 Å². The number of nitrogens with one attached hydrogen (secondary N) is 2. The monoisotopic (exact) mass is 330 g/mol. The molecule has 3 N–H and O–H groups in total. The van der Waals surface area contributed by atoms with E-state index in [2.05, 4.69) is 10.6 Å². The lowest BCUT2D eigenvalue weighted by molar-refractivity contribution is -0.147. The second-order valence-corrected chi connectivity index (χ2v) is 5.73. The molecule has 0 heterocycles. The highest BCUT2D eigenvalue weighted by molar-refractivity contribution is 5.90. The summed E-state index contributed by atoms with van der Waals surface area (Å²) in [6.07, 6.45) is -0.127. The van der Waals surface area contributed by atoms with Gasteiger partial charge in [-0.15, -0.1) is 0 Å². The maximum absolute atomic E-state index is 12.2. The van der Waals surface area contributed by atoms with Crippen LogP contribution < -0.4 is 10.6 Å². The number of carboxylic acids is 1. The second kappa shape index (κ2) is 9.81. The summed E-state index contributed by atoms with van der Waals surface area (Å²) in [6, 6.07) is -2.09. The minimum Gasteiger partial charge on any atom is -0.480 e. The van der Waals surface area contributed by atoms with Gasteiger partial charge in [-0.2, -0.15) is 0 Å². The fourth-order valence-corrected chi connectivity index (χ4v) is 2.05. The van der Waals surface area contributed by atoms with Crippen LogP contribution in [0.2, 0.25) is 0 Å². The Morgan fingerprint density at radius 1 is 1.04 bits per heavy atom. The summed E-state index contributed by atoms with van der Waals surface area (Å²) in [7, 11) is 0. The molecule has 0 aliphatic carbocycles. The summed E-state index contributed by atoms with van der Waals surface area (Å²) in [5.41, 5.74) is 0. The Hall–Kier alpha value is -2.12. The molecule has 0 aromatic carbocycles. The predicted octanol–water partition coefficient (Wildman–Crippen LogP) is 0.306. The van der Waals surface area contributed by atoms with Crippen LogP contribution >= 0.6 is 0 Å². The molecule has 0 unspecified atom stereocenters. The van der Waals surface area contributed by atoms with Crippen molar-refractivity contribution < 1.29 is 29.0 Å². The highest BCUT2D eigenvalue weighted by Crippen LogP contribution is 2.12. The second-order valence-electron chi connectivity index (χ2n) is 5.73. The van der Waals surface area contributed by atoms with Gasteiger partial charge in [-0.1, -0.05) is 20.8 Å². The average Bonchev–Trinajstić information content (AvgIpc) is 2.40. The van der Waals surface area contributed by atoms with Crippen LogP contribution in [0.1, 0.15) is 41.0 Å². The molecule has 132 valence electrons. The van der Waals surface area contributed by atoms with Crippen LogP contribution in [0.15, 0.2) is 0 Å². The first-order valence-corrected chi connectivity index (χ1v) is 7.56. The van der Waals surface area contributed by atoms with Gasteiger partial charge in [0.25, 0.3) is 0 Å². The molecule has 0 aliphatic heterocycles. The summed E-state index contributed by atoms with van der Waals surface area (Å²) in [6.45, 7) is 8.14. The Labute approximate surface area is 136 Å². The summed E-state index contributed by atoms with van der Waals surface area (Å²) < 4.78 is 4.78. The third-order valence-corrected chi connectivity index (χ3v) is 3.23. The van der Waals surface area contributed by atoms with Crippen LogP contribution in [0, 0.1) is 11.8 Å². The molecule has 3 atom stereocenters. The van der Waals surface area contributed by atoms with Crippen LogP contribution in [-0.4, -0.2) is 47.6 Å². The topological polar surface area (TPSA) is 122 Å². The zero-order valence-corrected chi connectivity index (χ0v) is 14.2. The number of carbonyl (C=O) groups excluding carboxylic acids is 3. The maximum atomic E-state index is 12.2. The molecule has 8 heteroatoms. The van der Waals surface area contributed by atoms with Crippen molar-refractivity contribution in [2.75, 3.05) is 6.61 Å². The minimum absolute atomic E-state index is 0.127. The van der Waals surface area contributed by atoms with Crippen LogP contribution in [0.3, 0.4) is 0 Å². The zero-order chi connectivity index (χ0) is 18.2. The third kappa shape index (κ3) is 7.62. The van der Waals surface area contributed by atoms with Crippen LogP contribution in [0.5, 0.6) is 0 Å². The lowest BCUT2D eigenvalue weighted by atomic mass is 9.96. The molecule has 23 heavy (non-hydrogen) atoms. The predicted molar refractivity (Wildman–Crippen MR) is 82.4 cm³/mol. The molecular weight excluding hydrogens is 304 g/mol. The van der Waals surface area contributed by atoms with Crippen molar-refractivity contribution in [3.8, 4) is 0 Å². The van der Waals surface area contributed by atoms with Gasteiger partial charge >= 0.3 is 11.9 Å². The van der Waals surface area contributed by atoms with E-state index in [9.17, 15) is 24.3 Å². The van der Waals surface area contributed by atoms with Gasteiger partial charge in [-0.3, -0.25) is 14.4 Å². The molecule has 0 radical (unpaired) electrons. The largest absolute Gasteiger partial charge is 0.480 e. The van der Waals surface area contributed by atoms with Gasteiger partial charge < -0.3 is 20.5 Å². The zero-order valence-electron chi connectivity index (χ0n) is 14.2. The number of amides is 2. The van der Waals surface area contributed by atoms with Crippen LogP contribution in [0.4, 0.5) is 0 Å². The minimum atomic E-state index is -1.25. The average molecular weight is 330 g/mol. The number of ether oxygens (including phenoxy) is 1. The van der Waals surface area contributed by atoms with E-state index in [1.54, 1.807) is 27.7 Å². The smallest absolute Gasteiger partial charge is 0.326 e. The maximum Gasteiger partial charge on any atom is 0.326 e. The van der Waals surface area contributed by atoms with Gasteiger partial charge in [0.2, 0.25) is 11.8 Å². The molecule has 0 spiro atoms.